The first kappa shape index (κ1) is 16.9. The van der Waals surface area contributed by atoms with Crippen LogP contribution in [-0.2, 0) is 12.6 Å². The zero-order chi connectivity index (χ0) is 17.8. The van der Waals surface area contributed by atoms with Gasteiger partial charge in [-0.1, -0.05) is 23.2 Å². The summed E-state index contributed by atoms with van der Waals surface area (Å²) in [7, 11) is 1.88. The van der Waals surface area contributed by atoms with Crippen LogP contribution in [0.1, 0.15) is 41.9 Å². The Kier molecular flexibility index (Phi) is 4.06. The topological polar surface area (TPSA) is 58.4 Å². The van der Waals surface area contributed by atoms with Crippen molar-refractivity contribution in [3.63, 3.8) is 0 Å². The lowest BCUT2D eigenvalue weighted by molar-refractivity contribution is -0.0555. The maximum atomic E-state index is 13.0. The number of amides is 1. The van der Waals surface area contributed by atoms with Crippen LogP contribution in [-0.4, -0.2) is 37.5 Å². The SMILES string of the molecule is Cn1ccnc1C1(O)C[C@H]2CC[C@@H](C1)N2C(=O)c1ccc(Cl)c(Cl)c1. The van der Waals surface area contributed by atoms with Crippen LogP contribution >= 0.6 is 23.2 Å². The van der Waals surface area contributed by atoms with Crippen molar-refractivity contribution in [2.24, 2.45) is 7.05 Å². The number of piperidine rings is 1. The van der Waals surface area contributed by atoms with Crippen LogP contribution in [0.5, 0.6) is 0 Å². The summed E-state index contributed by atoms with van der Waals surface area (Å²) in [6.07, 6.45) is 6.32. The van der Waals surface area contributed by atoms with Crippen molar-refractivity contribution in [1.82, 2.24) is 14.5 Å². The predicted octanol–water partition coefficient (Wildman–Crippen LogP) is 3.38. The minimum atomic E-state index is -0.988. The average molecular weight is 380 g/mol. The van der Waals surface area contributed by atoms with Crippen molar-refractivity contribution in [3.8, 4) is 0 Å². The summed E-state index contributed by atoms with van der Waals surface area (Å²) in [5, 5.41) is 12.0. The van der Waals surface area contributed by atoms with E-state index in [1.165, 1.54) is 0 Å². The number of imidazole rings is 1. The van der Waals surface area contributed by atoms with Gasteiger partial charge in [0.15, 0.2) is 0 Å². The van der Waals surface area contributed by atoms with Crippen LogP contribution in [0.3, 0.4) is 0 Å². The van der Waals surface area contributed by atoms with Gasteiger partial charge in [-0.25, -0.2) is 4.98 Å². The van der Waals surface area contributed by atoms with Gasteiger partial charge >= 0.3 is 0 Å². The van der Waals surface area contributed by atoms with Gasteiger partial charge in [-0.15, -0.1) is 0 Å². The summed E-state index contributed by atoms with van der Waals surface area (Å²) in [5.41, 5.74) is -0.452. The van der Waals surface area contributed by atoms with Crippen molar-refractivity contribution in [1.29, 1.82) is 0 Å². The fourth-order valence-electron chi connectivity index (χ4n) is 4.33. The van der Waals surface area contributed by atoms with Crippen LogP contribution in [0.25, 0.3) is 0 Å². The summed E-state index contributed by atoms with van der Waals surface area (Å²) in [5.74, 6) is 0.624. The van der Waals surface area contributed by atoms with Crippen molar-refractivity contribution in [2.45, 2.75) is 43.4 Å². The maximum absolute atomic E-state index is 13.0. The van der Waals surface area contributed by atoms with Crippen molar-refractivity contribution >= 4 is 29.1 Å². The zero-order valence-electron chi connectivity index (χ0n) is 13.8. The highest BCUT2D eigenvalue weighted by Crippen LogP contribution is 2.45. The van der Waals surface area contributed by atoms with E-state index in [4.69, 9.17) is 23.2 Å². The number of nitrogens with zero attached hydrogens (tertiary/aromatic N) is 3. The van der Waals surface area contributed by atoms with E-state index in [1.807, 2.05) is 22.7 Å². The Morgan fingerprint density at radius 1 is 1.24 bits per heavy atom. The highest BCUT2D eigenvalue weighted by atomic mass is 35.5. The molecule has 4 rings (SSSR count). The van der Waals surface area contributed by atoms with E-state index in [9.17, 15) is 9.90 Å². The number of halogens is 2. The predicted molar refractivity (Wildman–Crippen MR) is 95.8 cm³/mol. The molecule has 5 nitrogen and oxygen atoms in total. The van der Waals surface area contributed by atoms with Gasteiger partial charge < -0.3 is 14.6 Å². The average Bonchev–Trinajstić information content (AvgIpc) is 3.12. The number of aryl methyl sites for hydroxylation is 1. The first-order valence-corrected chi connectivity index (χ1v) is 9.12. The van der Waals surface area contributed by atoms with Gasteiger partial charge in [0.2, 0.25) is 0 Å². The molecule has 132 valence electrons. The summed E-state index contributed by atoms with van der Waals surface area (Å²) in [4.78, 5) is 19.3. The first-order chi connectivity index (χ1) is 11.9. The Morgan fingerprint density at radius 2 is 1.92 bits per heavy atom. The largest absolute Gasteiger partial charge is 0.382 e. The third-order valence-corrected chi connectivity index (χ3v) is 6.14. The number of aliphatic hydroxyl groups is 1. The highest BCUT2D eigenvalue weighted by molar-refractivity contribution is 6.42. The fraction of sp³-hybridized carbons (Fsp3) is 0.444. The molecular formula is C18H19Cl2N3O2. The quantitative estimate of drug-likeness (QED) is 0.869. The van der Waals surface area contributed by atoms with Crippen LogP contribution in [0.4, 0.5) is 0 Å². The minimum Gasteiger partial charge on any atom is -0.382 e. The number of aromatic nitrogens is 2. The molecule has 1 aromatic carbocycles. The minimum absolute atomic E-state index is 0.00223. The highest BCUT2D eigenvalue weighted by Gasteiger charge is 2.51. The van der Waals surface area contributed by atoms with Crippen LogP contribution in [0, 0.1) is 0 Å². The molecule has 0 aliphatic carbocycles. The Bertz CT molecular complexity index is 821. The van der Waals surface area contributed by atoms with E-state index < -0.39 is 5.60 Å². The molecule has 2 saturated heterocycles. The molecule has 2 fully saturated rings. The summed E-state index contributed by atoms with van der Waals surface area (Å²) >= 11 is 12.0. The van der Waals surface area contributed by atoms with Crippen molar-refractivity contribution in [2.75, 3.05) is 0 Å². The van der Waals surface area contributed by atoms with Crippen LogP contribution in [0.2, 0.25) is 10.0 Å². The number of carbonyl (C=O) groups is 1. The third-order valence-electron chi connectivity index (χ3n) is 5.40. The lowest BCUT2D eigenvalue weighted by Crippen LogP contribution is -2.52. The molecule has 1 N–H and O–H groups in total. The van der Waals surface area contributed by atoms with Crippen LogP contribution in [0.15, 0.2) is 30.6 Å². The second-order valence-electron chi connectivity index (χ2n) is 7.03. The van der Waals surface area contributed by atoms with Gasteiger partial charge in [0.05, 0.1) is 10.0 Å². The summed E-state index contributed by atoms with van der Waals surface area (Å²) in [6.45, 7) is 0. The van der Waals surface area contributed by atoms with E-state index in [2.05, 4.69) is 4.98 Å². The number of fused-ring (bicyclic) bond motifs is 2. The molecule has 2 aromatic rings. The van der Waals surface area contributed by atoms with Gasteiger partial charge in [0.1, 0.15) is 11.4 Å². The third kappa shape index (κ3) is 2.75. The lowest BCUT2D eigenvalue weighted by Gasteiger charge is -2.43. The molecule has 1 unspecified atom stereocenters. The van der Waals surface area contributed by atoms with E-state index in [0.29, 0.717) is 34.3 Å². The monoisotopic (exact) mass is 379 g/mol. The summed E-state index contributed by atoms with van der Waals surface area (Å²) in [6, 6.07) is 4.97. The molecule has 25 heavy (non-hydrogen) atoms. The van der Waals surface area contributed by atoms with E-state index in [1.54, 1.807) is 24.4 Å². The molecule has 2 aliphatic rings. The molecule has 2 aliphatic heterocycles. The number of hydrogen-bond acceptors (Lipinski definition) is 3. The Balaban J connectivity index is 1.61. The molecule has 1 amide bonds. The van der Waals surface area contributed by atoms with E-state index >= 15 is 0 Å². The number of carbonyl (C=O) groups excluding carboxylic acids is 1. The van der Waals surface area contributed by atoms with Gasteiger partial charge in [-0.3, -0.25) is 4.79 Å². The molecular weight excluding hydrogens is 361 g/mol. The molecule has 2 bridgehead atoms. The van der Waals surface area contributed by atoms with Crippen LogP contribution < -0.4 is 0 Å². The number of rotatable bonds is 2. The molecule has 0 spiro atoms. The Morgan fingerprint density at radius 3 is 2.48 bits per heavy atom. The van der Waals surface area contributed by atoms with Gasteiger partial charge in [0, 0.05) is 49.9 Å². The Labute approximate surface area is 156 Å². The molecule has 7 heteroatoms. The van der Waals surface area contributed by atoms with E-state index in [0.717, 1.165) is 12.8 Å². The smallest absolute Gasteiger partial charge is 0.254 e. The van der Waals surface area contributed by atoms with Gasteiger partial charge in [-0.05, 0) is 31.0 Å². The van der Waals surface area contributed by atoms with Crippen molar-refractivity contribution < 1.29 is 9.90 Å². The second kappa shape index (κ2) is 6.01. The molecule has 3 heterocycles. The molecule has 3 atom stereocenters. The normalized spacial score (nSPS) is 28.4. The summed E-state index contributed by atoms with van der Waals surface area (Å²) < 4.78 is 1.86. The Hall–Kier alpha value is -1.56. The number of hydrogen-bond donors (Lipinski definition) is 1. The molecule has 1 aromatic heterocycles. The maximum Gasteiger partial charge on any atom is 0.254 e. The number of benzene rings is 1. The second-order valence-corrected chi connectivity index (χ2v) is 7.84. The van der Waals surface area contributed by atoms with Gasteiger partial charge in [-0.2, -0.15) is 0 Å². The van der Waals surface area contributed by atoms with E-state index in [-0.39, 0.29) is 18.0 Å². The molecule has 0 radical (unpaired) electrons. The zero-order valence-corrected chi connectivity index (χ0v) is 15.3. The molecule has 0 saturated carbocycles. The standard InChI is InChI=1S/C18H19Cl2N3O2/c1-22-7-6-21-17(22)18(25)9-12-3-4-13(10-18)23(12)16(24)11-2-5-14(19)15(20)8-11/h2,5-8,12-13,25H,3-4,9-10H2,1H3/t12-,13+,18?. The fourth-order valence-corrected chi connectivity index (χ4v) is 4.63. The lowest BCUT2D eigenvalue weighted by atomic mass is 9.85. The van der Waals surface area contributed by atoms with Crippen molar-refractivity contribution in [3.05, 3.63) is 52.0 Å². The van der Waals surface area contributed by atoms with Gasteiger partial charge in [0.25, 0.3) is 5.91 Å². The first-order valence-electron chi connectivity index (χ1n) is 8.37.